The van der Waals surface area contributed by atoms with Crippen LogP contribution in [0.3, 0.4) is 0 Å². The number of para-hydroxylation sites is 1. The first-order valence-electron chi connectivity index (χ1n) is 12.8. The molecule has 0 bridgehead atoms. The highest BCUT2D eigenvalue weighted by atomic mass is 16.4. The van der Waals surface area contributed by atoms with Crippen LogP contribution in [0.1, 0.15) is 24.2 Å². The summed E-state index contributed by atoms with van der Waals surface area (Å²) >= 11 is 0. The minimum Gasteiger partial charge on any atom is -0.480 e. The molecule has 1 aliphatic rings. The number of aromatic nitrogens is 3. The molecular weight excluding hydrogens is 494 g/mol. The zero-order valence-corrected chi connectivity index (χ0v) is 21.6. The number of aliphatic carboxylic acids is 1. The lowest BCUT2D eigenvalue weighted by Crippen LogP contribution is -2.36. The molecule has 0 saturated carbocycles. The zero-order chi connectivity index (χ0) is 27.1. The summed E-state index contributed by atoms with van der Waals surface area (Å²) in [6.45, 7) is 4.14. The molecule has 0 unspecified atom stereocenters. The quantitative estimate of drug-likeness (QED) is 0.306. The van der Waals surface area contributed by atoms with Crippen LogP contribution in [0, 0.1) is 19.8 Å². The van der Waals surface area contributed by atoms with Crippen molar-refractivity contribution in [2.45, 2.75) is 32.7 Å². The lowest BCUT2D eigenvalue weighted by Gasteiger charge is -2.22. The van der Waals surface area contributed by atoms with Crippen LogP contribution in [-0.2, 0) is 9.59 Å². The van der Waals surface area contributed by atoms with Crippen molar-refractivity contribution >= 4 is 45.5 Å². The Kier molecular flexibility index (Phi) is 6.18. The Hall–Kier alpha value is -4.79. The summed E-state index contributed by atoms with van der Waals surface area (Å²) in [6, 6.07) is 16.4. The van der Waals surface area contributed by atoms with Crippen LogP contribution in [-0.4, -0.2) is 44.5 Å². The Balaban J connectivity index is 1.22. The van der Waals surface area contributed by atoms with Gasteiger partial charge in [-0.15, -0.1) is 0 Å². The van der Waals surface area contributed by atoms with Crippen molar-refractivity contribution in [3.63, 3.8) is 0 Å². The summed E-state index contributed by atoms with van der Waals surface area (Å²) in [4.78, 5) is 40.4. The highest BCUT2D eigenvalue weighted by Crippen LogP contribution is 2.38. The van der Waals surface area contributed by atoms with Gasteiger partial charge in [0.2, 0.25) is 5.91 Å². The Morgan fingerprint density at radius 3 is 2.72 bits per heavy atom. The van der Waals surface area contributed by atoms with Gasteiger partial charge in [-0.1, -0.05) is 24.3 Å². The lowest BCUT2D eigenvalue weighted by atomic mass is 10.0. The molecule has 9 heteroatoms. The molecule has 4 heterocycles. The number of aryl methyl sites for hydroxylation is 2. The van der Waals surface area contributed by atoms with Crippen molar-refractivity contribution in [3.8, 4) is 11.1 Å². The van der Waals surface area contributed by atoms with Crippen LogP contribution in [0.4, 0.5) is 11.5 Å². The molecule has 0 spiro atoms. The van der Waals surface area contributed by atoms with Crippen LogP contribution in [0.15, 0.2) is 71.4 Å². The number of carboxylic acid groups (broad SMARTS) is 1. The molecule has 1 aliphatic heterocycles. The minimum atomic E-state index is -0.958. The fourth-order valence-corrected chi connectivity index (χ4v) is 5.48. The van der Waals surface area contributed by atoms with E-state index in [0.717, 1.165) is 22.1 Å². The molecule has 3 aromatic heterocycles. The van der Waals surface area contributed by atoms with E-state index >= 15 is 0 Å². The average molecular weight is 522 g/mol. The van der Waals surface area contributed by atoms with E-state index < -0.39 is 12.0 Å². The zero-order valence-electron chi connectivity index (χ0n) is 21.6. The summed E-state index contributed by atoms with van der Waals surface area (Å²) in [5.74, 6) is -0.311. The second-order valence-electron chi connectivity index (χ2n) is 10.0. The standard InChI is InChI=1S/C30H27N5O4/c1-17-12-21(9-10-22(17)20-6-5-11-31-15-20)34-26(36)14-19-13-24(30(37)38)35(16-19)29-28-27(32-18(2)33-29)23-7-3-4-8-25(23)39-28/h3-12,15,19,24H,13-14,16H2,1-2H3,(H,34,36)(H,37,38)/t19-,24+/m1/s1. The number of furan rings is 1. The van der Waals surface area contributed by atoms with Crippen molar-refractivity contribution in [3.05, 3.63) is 78.4 Å². The number of anilines is 2. The molecule has 2 atom stereocenters. The number of benzene rings is 2. The average Bonchev–Trinajstić information content (AvgIpc) is 3.50. The summed E-state index contributed by atoms with van der Waals surface area (Å²) < 4.78 is 6.08. The molecule has 196 valence electrons. The molecule has 1 saturated heterocycles. The van der Waals surface area contributed by atoms with E-state index in [1.54, 1.807) is 18.0 Å². The number of pyridine rings is 1. The number of carbonyl (C=O) groups excluding carboxylic acids is 1. The SMILES string of the molecule is Cc1nc(N2C[C@@H](CC(=O)Nc3ccc(-c4cccnc4)c(C)c3)C[C@H]2C(=O)O)c2oc3ccccc3c2n1. The molecule has 5 aromatic rings. The molecule has 39 heavy (non-hydrogen) atoms. The minimum absolute atomic E-state index is 0.160. The summed E-state index contributed by atoms with van der Waals surface area (Å²) in [6.07, 6.45) is 4.06. The van der Waals surface area contributed by atoms with Crippen molar-refractivity contribution in [2.24, 2.45) is 5.92 Å². The third kappa shape index (κ3) is 4.67. The van der Waals surface area contributed by atoms with Gasteiger partial charge in [0.25, 0.3) is 0 Å². The van der Waals surface area contributed by atoms with Crippen LogP contribution in [0.25, 0.3) is 33.2 Å². The van der Waals surface area contributed by atoms with Crippen molar-refractivity contribution in [2.75, 3.05) is 16.8 Å². The predicted octanol–water partition coefficient (Wildman–Crippen LogP) is 5.36. The molecule has 1 amide bonds. The summed E-state index contributed by atoms with van der Waals surface area (Å²) in [7, 11) is 0. The van der Waals surface area contributed by atoms with E-state index in [0.29, 0.717) is 47.0 Å². The van der Waals surface area contributed by atoms with Crippen molar-refractivity contribution < 1.29 is 19.1 Å². The number of nitrogens with zero attached hydrogens (tertiary/aromatic N) is 4. The van der Waals surface area contributed by atoms with E-state index in [4.69, 9.17) is 4.42 Å². The van der Waals surface area contributed by atoms with E-state index in [-0.39, 0.29) is 18.2 Å². The van der Waals surface area contributed by atoms with Crippen LogP contribution >= 0.6 is 0 Å². The maximum atomic E-state index is 13.0. The highest BCUT2D eigenvalue weighted by molar-refractivity contribution is 6.06. The molecule has 2 N–H and O–H groups in total. The number of nitrogens with one attached hydrogen (secondary N) is 1. The fourth-order valence-electron chi connectivity index (χ4n) is 5.48. The molecule has 0 aliphatic carbocycles. The van der Waals surface area contributed by atoms with E-state index in [1.807, 2.05) is 67.7 Å². The van der Waals surface area contributed by atoms with Gasteiger partial charge >= 0.3 is 5.97 Å². The maximum Gasteiger partial charge on any atom is 0.326 e. The van der Waals surface area contributed by atoms with Gasteiger partial charge in [0.1, 0.15) is 23.0 Å². The normalized spacial score (nSPS) is 17.1. The Bertz CT molecular complexity index is 1720. The number of carboxylic acids is 1. The number of carbonyl (C=O) groups is 2. The summed E-state index contributed by atoms with van der Waals surface area (Å²) in [5, 5.41) is 13.9. The maximum absolute atomic E-state index is 13.0. The van der Waals surface area contributed by atoms with Gasteiger partial charge in [0.15, 0.2) is 11.4 Å². The van der Waals surface area contributed by atoms with Gasteiger partial charge in [0, 0.05) is 42.0 Å². The van der Waals surface area contributed by atoms with Crippen LogP contribution in [0.2, 0.25) is 0 Å². The van der Waals surface area contributed by atoms with Gasteiger partial charge in [-0.05, 0) is 67.6 Å². The number of hydrogen-bond donors (Lipinski definition) is 2. The first kappa shape index (κ1) is 24.5. The first-order valence-corrected chi connectivity index (χ1v) is 12.8. The number of amides is 1. The summed E-state index contributed by atoms with van der Waals surface area (Å²) in [5.41, 5.74) is 5.57. The predicted molar refractivity (Wildman–Crippen MR) is 149 cm³/mol. The molecule has 6 rings (SSSR count). The Labute approximate surface area is 224 Å². The first-order chi connectivity index (χ1) is 18.9. The molecule has 2 aromatic carbocycles. The van der Waals surface area contributed by atoms with Gasteiger partial charge in [-0.2, -0.15) is 0 Å². The van der Waals surface area contributed by atoms with Crippen LogP contribution in [0.5, 0.6) is 0 Å². The number of hydrogen-bond acceptors (Lipinski definition) is 7. The van der Waals surface area contributed by atoms with Gasteiger partial charge < -0.3 is 19.7 Å². The topological polar surface area (TPSA) is 121 Å². The number of fused-ring (bicyclic) bond motifs is 3. The number of rotatable bonds is 6. The Morgan fingerprint density at radius 2 is 1.95 bits per heavy atom. The second-order valence-corrected chi connectivity index (χ2v) is 10.0. The monoisotopic (exact) mass is 521 g/mol. The largest absolute Gasteiger partial charge is 0.480 e. The van der Waals surface area contributed by atoms with E-state index in [9.17, 15) is 14.7 Å². The third-order valence-electron chi connectivity index (χ3n) is 7.22. The van der Waals surface area contributed by atoms with E-state index in [1.165, 1.54) is 0 Å². The van der Waals surface area contributed by atoms with Crippen LogP contribution < -0.4 is 10.2 Å². The van der Waals surface area contributed by atoms with Crippen molar-refractivity contribution in [1.29, 1.82) is 0 Å². The second kappa shape index (κ2) is 9.83. The highest BCUT2D eigenvalue weighted by Gasteiger charge is 2.40. The molecule has 0 radical (unpaired) electrons. The smallest absolute Gasteiger partial charge is 0.326 e. The molecule has 1 fully saturated rings. The Morgan fingerprint density at radius 1 is 1.10 bits per heavy atom. The van der Waals surface area contributed by atoms with Gasteiger partial charge in [-0.25, -0.2) is 14.8 Å². The third-order valence-corrected chi connectivity index (χ3v) is 7.22. The van der Waals surface area contributed by atoms with E-state index in [2.05, 4.69) is 20.3 Å². The molecular formula is C30H27N5O4. The van der Waals surface area contributed by atoms with Gasteiger partial charge in [0.05, 0.1) is 0 Å². The van der Waals surface area contributed by atoms with Crippen molar-refractivity contribution in [1.82, 2.24) is 15.0 Å². The fraction of sp³-hybridized carbons (Fsp3) is 0.233. The molecule has 9 nitrogen and oxygen atoms in total. The lowest BCUT2D eigenvalue weighted by molar-refractivity contribution is -0.138. The van der Waals surface area contributed by atoms with Gasteiger partial charge in [-0.3, -0.25) is 9.78 Å².